The lowest BCUT2D eigenvalue weighted by Crippen LogP contribution is -2.29. The number of unbranched alkanes of at least 4 members (excludes halogenated alkanes) is 2. The number of anilines is 1. The molecular weight excluding hydrogens is 670 g/mol. The van der Waals surface area contributed by atoms with Gasteiger partial charge in [0.05, 0.1) is 24.8 Å². The van der Waals surface area contributed by atoms with Crippen LogP contribution in [0.15, 0.2) is 70.6 Å². The van der Waals surface area contributed by atoms with E-state index in [1.807, 2.05) is 44.2 Å². The molecule has 3 heterocycles. The number of thioether (sulfide) groups is 1. The average molecular weight is 706 g/mol. The predicted octanol–water partition coefficient (Wildman–Crippen LogP) is 8.40. The lowest BCUT2D eigenvalue weighted by atomic mass is 9.94. The van der Waals surface area contributed by atoms with Gasteiger partial charge in [-0.3, -0.25) is 14.5 Å². The third-order valence-corrected chi connectivity index (χ3v) is 10.5. The molecule has 0 spiro atoms. The molecule has 1 saturated heterocycles. The zero-order valence-corrected chi connectivity index (χ0v) is 29.3. The van der Waals surface area contributed by atoms with Crippen molar-refractivity contribution in [2.75, 3.05) is 18.1 Å². The first-order chi connectivity index (χ1) is 23.3. The van der Waals surface area contributed by atoms with Crippen LogP contribution in [0.2, 0.25) is 5.02 Å². The maximum absolute atomic E-state index is 13.8. The molecule has 0 bridgehead atoms. The number of carbonyl (C=O) groups excluding carboxylic acids is 2. The van der Waals surface area contributed by atoms with E-state index in [1.165, 1.54) is 28.0 Å². The quantitative estimate of drug-likeness (QED) is 0.0366. The SMILES string of the molecule is CCCCCOc1ccc([C@H]2/C(=C(\O)c3ccc4c(c3)C[C@@H](C)O4)C(=O)C(=O)N2c2nnc(SCc3ccc(Cl)cc3)s2)cc1OCC. The number of aromatic nitrogens is 2. The molecule has 3 aromatic carbocycles. The Labute approximate surface area is 292 Å². The second kappa shape index (κ2) is 15.0. The van der Waals surface area contributed by atoms with Gasteiger partial charge in [0.15, 0.2) is 15.8 Å². The summed E-state index contributed by atoms with van der Waals surface area (Å²) in [7, 11) is 0. The van der Waals surface area contributed by atoms with Crippen molar-refractivity contribution in [3.8, 4) is 17.2 Å². The Morgan fingerprint density at radius 3 is 2.62 bits per heavy atom. The number of aliphatic hydroxyl groups excluding tert-OH is 1. The molecule has 0 radical (unpaired) electrons. The molecule has 1 aromatic heterocycles. The van der Waals surface area contributed by atoms with E-state index in [0.717, 1.165) is 36.1 Å². The van der Waals surface area contributed by atoms with Crippen molar-refractivity contribution in [3.63, 3.8) is 0 Å². The molecule has 12 heteroatoms. The van der Waals surface area contributed by atoms with E-state index in [2.05, 4.69) is 17.1 Å². The molecule has 1 N–H and O–H groups in total. The average Bonchev–Trinajstić information content (AvgIpc) is 3.77. The van der Waals surface area contributed by atoms with Crippen LogP contribution in [-0.4, -0.2) is 46.3 Å². The highest BCUT2D eigenvalue weighted by atomic mass is 35.5. The monoisotopic (exact) mass is 705 g/mol. The van der Waals surface area contributed by atoms with Crippen LogP contribution >= 0.6 is 34.7 Å². The number of carbonyl (C=O) groups is 2. The van der Waals surface area contributed by atoms with Crippen molar-refractivity contribution in [2.24, 2.45) is 0 Å². The van der Waals surface area contributed by atoms with Gasteiger partial charge in [-0.15, -0.1) is 10.2 Å². The fraction of sp³-hybridized carbons (Fsp3) is 0.333. The smallest absolute Gasteiger partial charge is 0.301 e. The summed E-state index contributed by atoms with van der Waals surface area (Å²) in [6, 6.07) is 17.2. The molecule has 2 aliphatic rings. The molecule has 6 rings (SSSR count). The molecule has 48 heavy (non-hydrogen) atoms. The number of benzene rings is 3. The molecule has 1 amide bonds. The lowest BCUT2D eigenvalue weighted by Gasteiger charge is -2.23. The lowest BCUT2D eigenvalue weighted by molar-refractivity contribution is -0.132. The van der Waals surface area contributed by atoms with E-state index >= 15 is 0 Å². The van der Waals surface area contributed by atoms with E-state index in [1.54, 1.807) is 30.3 Å². The van der Waals surface area contributed by atoms with Crippen molar-refractivity contribution in [3.05, 3.63) is 93.5 Å². The standard InChI is InChI=1S/C36H36ClN3O6S2/c1-4-6-7-16-45-28-15-10-23(19-29(28)44-5-2)31-30(32(41)24-11-14-27-25(18-24)17-21(3)46-27)33(42)34(43)40(31)35-38-39-36(48-35)47-20-22-8-12-26(37)13-9-22/h8-15,18-19,21,31,41H,4-7,16-17,20H2,1-3H3/b32-30+/t21-,31+/m1/s1. The van der Waals surface area contributed by atoms with E-state index in [0.29, 0.717) is 57.4 Å². The van der Waals surface area contributed by atoms with E-state index < -0.39 is 17.7 Å². The number of rotatable bonds is 13. The number of hydrogen-bond donors (Lipinski definition) is 1. The van der Waals surface area contributed by atoms with Crippen LogP contribution in [0.4, 0.5) is 5.13 Å². The van der Waals surface area contributed by atoms with Crippen molar-refractivity contribution in [1.29, 1.82) is 0 Å². The Kier molecular flexibility index (Phi) is 10.6. The van der Waals surface area contributed by atoms with Crippen LogP contribution in [0.3, 0.4) is 0 Å². The van der Waals surface area contributed by atoms with Gasteiger partial charge >= 0.3 is 5.91 Å². The Hall–Kier alpha value is -4.06. The molecule has 0 aliphatic carbocycles. The van der Waals surface area contributed by atoms with Crippen molar-refractivity contribution >= 4 is 57.3 Å². The van der Waals surface area contributed by atoms with Gasteiger partial charge in [0, 0.05) is 22.8 Å². The van der Waals surface area contributed by atoms with Gasteiger partial charge in [-0.2, -0.15) is 0 Å². The summed E-state index contributed by atoms with van der Waals surface area (Å²) in [5, 5.41) is 21.3. The van der Waals surface area contributed by atoms with Crippen LogP contribution in [0, 0.1) is 0 Å². The van der Waals surface area contributed by atoms with Crippen molar-refractivity contribution in [1.82, 2.24) is 10.2 Å². The summed E-state index contributed by atoms with van der Waals surface area (Å²) in [6.07, 6.45) is 3.71. The Bertz CT molecular complexity index is 1840. The second-order valence-electron chi connectivity index (χ2n) is 11.6. The number of nitrogens with zero attached hydrogens (tertiary/aromatic N) is 3. The Morgan fingerprint density at radius 1 is 1.04 bits per heavy atom. The number of aliphatic hydroxyl groups is 1. The fourth-order valence-electron chi connectivity index (χ4n) is 5.77. The third kappa shape index (κ3) is 7.18. The van der Waals surface area contributed by atoms with Gasteiger partial charge in [0.25, 0.3) is 5.78 Å². The summed E-state index contributed by atoms with van der Waals surface area (Å²) in [4.78, 5) is 29.0. The molecule has 0 unspecified atom stereocenters. The van der Waals surface area contributed by atoms with Crippen LogP contribution in [0.1, 0.15) is 68.3 Å². The number of fused-ring (bicyclic) bond motifs is 1. The zero-order chi connectivity index (χ0) is 33.8. The number of halogens is 1. The minimum absolute atomic E-state index is 0.00632. The first kappa shape index (κ1) is 33.8. The first-order valence-electron chi connectivity index (χ1n) is 16.0. The molecule has 2 atom stereocenters. The Balaban J connectivity index is 1.39. The predicted molar refractivity (Wildman–Crippen MR) is 189 cm³/mol. The fourth-order valence-corrected chi connectivity index (χ4v) is 7.72. The van der Waals surface area contributed by atoms with Crippen LogP contribution in [0.5, 0.6) is 17.2 Å². The topological polar surface area (TPSA) is 111 Å². The Morgan fingerprint density at radius 2 is 1.85 bits per heavy atom. The number of ether oxygens (including phenoxy) is 3. The van der Waals surface area contributed by atoms with E-state index in [9.17, 15) is 14.7 Å². The van der Waals surface area contributed by atoms with Gasteiger partial charge in [-0.1, -0.05) is 72.7 Å². The van der Waals surface area contributed by atoms with Crippen molar-refractivity contribution in [2.45, 2.75) is 68.7 Å². The zero-order valence-electron chi connectivity index (χ0n) is 26.9. The third-order valence-electron chi connectivity index (χ3n) is 8.08. The number of hydrogen-bond acceptors (Lipinski definition) is 10. The maximum atomic E-state index is 13.8. The summed E-state index contributed by atoms with van der Waals surface area (Å²) in [5.74, 6) is 0.517. The van der Waals surface area contributed by atoms with Gasteiger partial charge in [0.2, 0.25) is 5.13 Å². The highest BCUT2D eigenvalue weighted by Crippen LogP contribution is 2.46. The van der Waals surface area contributed by atoms with Gasteiger partial charge < -0.3 is 19.3 Å². The van der Waals surface area contributed by atoms with Gasteiger partial charge in [-0.25, -0.2) is 0 Å². The summed E-state index contributed by atoms with van der Waals surface area (Å²) in [6.45, 7) is 6.90. The normalized spacial score (nSPS) is 18.2. The summed E-state index contributed by atoms with van der Waals surface area (Å²) < 4.78 is 18.5. The van der Waals surface area contributed by atoms with Crippen LogP contribution in [-0.2, 0) is 21.8 Å². The number of amides is 1. The number of ketones is 1. The molecule has 4 aromatic rings. The molecule has 250 valence electrons. The van der Waals surface area contributed by atoms with Gasteiger partial charge in [0.1, 0.15) is 17.6 Å². The van der Waals surface area contributed by atoms with Crippen LogP contribution in [0.25, 0.3) is 5.76 Å². The second-order valence-corrected chi connectivity index (χ2v) is 14.2. The number of Topliss-reactive ketones (excluding diaryl/α,β-unsaturated/α-hetero) is 1. The summed E-state index contributed by atoms with van der Waals surface area (Å²) >= 11 is 8.71. The van der Waals surface area contributed by atoms with Gasteiger partial charge in [-0.05, 0) is 79.4 Å². The highest BCUT2D eigenvalue weighted by molar-refractivity contribution is 8.00. The minimum atomic E-state index is -0.996. The maximum Gasteiger partial charge on any atom is 0.301 e. The molecule has 2 aliphatic heterocycles. The molecule has 0 saturated carbocycles. The largest absolute Gasteiger partial charge is 0.507 e. The van der Waals surface area contributed by atoms with E-state index in [4.69, 9.17) is 25.8 Å². The van der Waals surface area contributed by atoms with E-state index in [-0.39, 0.29) is 22.6 Å². The molecule has 9 nitrogen and oxygen atoms in total. The highest BCUT2D eigenvalue weighted by Gasteiger charge is 2.48. The van der Waals surface area contributed by atoms with Crippen molar-refractivity contribution < 1.29 is 28.9 Å². The molecular formula is C36H36ClN3O6S2. The first-order valence-corrected chi connectivity index (χ1v) is 18.2. The summed E-state index contributed by atoms with van der Waals surface area (Å²) in [5.41, 5.74) is 2.91. The van der Waals surface area contributed by atoms with Crippen LogP contribution < -0.4 is 19.1 Å². The minimum Gasteiger partial charge on any atom is -0.507 e. The molecule has 1 fully saturated rings.